The number of alkyl halides is 3. The normalized spacial score (nSPS) is 16.9. The minimum Gasteiger partial charge on any atom is -0.388 e. The highest BCUT2D eigenvalue weighted by Gasteiger charge is 2.35. The number of anilines is 1. The van der Waals surface area contributed by atoms with Crippen LogP contribution in [0.2, 0.25) is 0 Å². The number of rotatable bonds is 20. The van der Waals surface area contributed by atoms with Crippen molar-refractivity contribution < 1.29 is 13.2 Å². The van der Waals surface area contributed by atoms with Crippen molar-refractivity contribution in [1.82, 2.24) is 20.2 Å². The van der Waals surface area contributed by atoms with Crippen LogP contribution in [0.25, 0.3) is 0 Å². The summed E-state index contributed by atoms with van der Waals surface area (Å²) >= 11 is 0. The van der Waals surface area contributed by atoms with Gasteiger partial charge in [-0.2, -0.15) is 23.1 Å². The number of likely N-dealkylation sites (tertiary alicyclic amines) is 1. The van der Waals surface area contributed by atoms with Crippen LogP contribution in [0.1, 0.15) is 164 Å². The predicted octanol–water partition coefficient (Wildman–Crippen LogP) is 11.6. The van der Waals surface area contributed by atoms with E-state index in [1.807, 2.05) is 20.0 Å². The monoisotopic (exact) mass is 708 g/mol. The fraction of sp³-hybridized carbons (Fsp3) is 0.775. The Morgan fingerprint density at radius 2 is 1.64 bits per heavy atom. The van der Waals surface area contributed by atoms with Gasteiger partial charge >= 0.3 is 6.18 Å². The number of piperidine rings is 1. The van der Waals surface area contributed by atoms with Crippen molar-refractivity contribution in [2.75, 3.05) is 18.4 Å². The Hall–Kier alpha value is -2.78. The summed E-state index contributed by atoms with van der Waals surface area (Å²) in [6.07, 6.45) is 16.1. The third-order valence-electron chi connectivity index (χ3n) is 9.27. The molecule has 1 aliphatic heterocycles. The van der Waals surface area contributed by atoms with Gasteiger partial charge in [0.1, 0.15) is 17.2 Å². The predicted molar refractivity (Wildman–Crippen MR) is 208 cm³/mol. The molecule has 3 rings (SSSR count). The summed E-state index contributed by atoms with van der Waals surface area (Å²) in [7, 11) is 0. The van der Waals surface area contributed by atoms with Gasteiger partial charge in [-0.15, -0.1) is 0 Å². The third kappa shape index (κ3) is 17.0. The molecular weight excluding hydrogens is 635 g/mol. The average molecular weight is 708 g/mol. The molecule has 1 aromatic heterocycles. The van der Waals surface area contributed by atoms with Crippen LogP contribution in [0.3, 0.4) is 0 Å². The molecule has 1 atom stereocenters. The van der Waals surface area contributed by atoms with Crippen LogP contribution < -0.4 is 16.4 Å². The number of nitrogens with two attached hydrogens (primary N) is 1. The summed E-state index contributed by atoms with van der Waals surface area (Å²) < 4.78 is 41.3. The number of aromatic nitrogens is 2. The van der Waals surface area contributed by atoms with Gasteiger partial charge in [-0.1, -0.05) is 107 Å². The fourth-order valence-corrected chi connectivity index (χ4v) is 6.61. The van der Waals surface area contributed by atoms with Crippen molar-refractivity contribution in [2.24, 2.45) is 22.6 Å². The maximum Gasteiger partial charge on any atom is 0.421 e. The van der Waals surface area contributed by atoms with E-state index in [-0.39, 0.29) is 17.6 Å². The molecule has 288 valence electrons. The van der Waals surface area contributed by atoms with Gasteiger partial charge in [0.05, 0.1) is 0 Å². The van der Waals surface area contributed by atoms with Gasteiger partial charge in [0.25, 0.3) is 5.95 Å². The van der Waals surface area contributed by atoms with Gasteiger partial charge in [0.2, 0.25) is 0 Å². The van der Waals surface area contributed by atoms with Crippen molar-refractivity contribution in [3.63, 3.8) is 0 Å². The lowest BCUT2D eigenvalue weighted by Gasteiger charge is -2.39. The Morgan fingerprint density at radius 3 is 2.18 bits per heavy atom. The van der Waals surface area contributed by atoms with Gasteiger partial charge < -0.3 is 21.3 Å². The van der Waals surface area contributed by atoms with Crippen molar-refractivity contribution in [2.45, 2.75) is 176 Å². The van der Waals surface area contributed by atoms with E-state index in [9.17, 15) is 13.2 Å². The molecule has 50 heavy (non-hydrogen) atoms. The Balaban J connectivity index is 0.00000110. The lowest BCUT2D eigenvalue weighted by atomic mass is 9.96. The lowest BCUT2D eigenvalue weighted by molar-refractivity contribution is -0.137. The van der Waals surface area contributed by atoms with Crippen molar-refractivity contribution in [1.29, 1.82) is 0 Å². The number of nitrogens with one attached hydrogen (secondary N) is 2. The Morgan fingerprint density at radius 1 is 1.02 bits per heavy atom. The molecule has 1 aromatic rings. The van der Waals surface area contributed by atoms with Crippen LogP contribution in [0.15, 0.2) is 35.2 Å². The molecule has 0 radical (unpaired) electrons. The highest BCUT2D eigenvalue weighted by atomic mass is 19.4. The van der Waals surface area contributed by atoms with Gasteiger partial charge in [-0.05, 0) is 69.6 Å². The molecule has 0 spiro atoms. The summed E-state index contributed by atoms with van der Waals surface area (Å²) in [5, 5.41) is 6.39. The summed E-state index contributed by atoms with van der Waals surface area (Å²) in [5.74, 6) is 1.17. The quantitative estimate of drug-likeness (QED) is 0.0710. The Labute approximate surface area is 303 Å². The number of halogens is 3. The smallest absolute Gasteiger partial charge is 0.388 e. The molecule has 0 aromatic carbocycles. The summed E-state index contributed by atoms with van der Waals surface area (Å²) in [4.78, 5) is 14.7. The highest BCUT2D eigenvalue weighted by molar-refractivity contribution is 5.99. The number of hydrogen-bond acceptors (Lipinski definition) is 6. The molecule has 2 fully saturated rings. The first-order chi connectivity index (χ1) is 24.0. The molecule has 0 amide bonds. The van der Waals surface area contributed by atoms with Crippen LogP contribution >= 0.6 is 0 Å². The maximum atomic E-state index is 13.8. The van der Waals surface area contributed by atoms with Crippen LogP contribution in [0.4, 0.5) is 24.9 Å². The van der Waals surface area contributed by atoms with Gasteiger partial charge in [0.15, 0.2) is 0 Å². The minimum atomic E-state index is -4.58. The lowest BCUT2D eigenvalue weighted by Crippen LogP contribution is -2.38. The first kappa shape index (κ1) is 45.2. The second-order valence-corrected chi connectivity index (χ2v) is 13.8. The Kier molecular flexibility index (Phi) is 22.8. The number of amidine groups is 1. The number of allylic oxidation sites excluding steroid dienone is 1. The zero-order valence-corrected chi connectivity index (χ0v) is 32.9. The van der Waals surface area contributed by atoms with Crippen molar-refractivity contribution >= 4 is 17.6 Å². The highest BCUT2D eigenvalue weighted by Crippen LogP contribution is 2.37. The van der Waals surface area contributed by atoms with Crippen LogP contribution in [0, 0.1) is 11.8 Å². The maximum absolute atomic E-state index is 13.8. The van der Waals surface area contributed by atoms with Crippen molar-refractivity contribution in [3.05, 3.63) is 35.8 Å². The van der Waals surface area contributed by atoms with E-state index in [0.717, 1.165) is 101 Å². The van der Waals surface area contributed by atoms with E-state index in [1.54, 1.807) is 0 Å². The number of hydrogen-bond donors (Lipinski definition) is 3. The van der Waals surface area contributed by atoms with E-state index >= 15 is 0 Å². The minimum absolute atomic E-state index is 0.0781. The molecule has 2 aliphatic rings. The van der Waals surface area contributed by atoms with Gasteiger partial charge in [-0.25, -0.2) is 4.98 Å². The second-order valence-electron chi connectivity index (χ2n) is 13.8. The molecule has 4 N–H and O–H groups in total. The zero-order chi connectivity index (χ0) is 37.5. The molecule has 10 heteroatoms. The number of nitrogens with zero attached hydrogens (tertiary/aromatic N) is 4. The number of aliphatic imine (C=N–C) groups is 1. The van der Waals surface area contributed by atoms with Crippen LogP contribution in [-0.2, 0) is 6.18 Å². The average Bonchev–Trinajstić information content (AvgIpc) is 3.91. The van der Waals surface area contributed by atoms with E-state index in [2.05, 4.69) is 78.6 Å². The van der Waals surface area contributed by atoms with E-state index in [4.69, 9.17) is 5.73 Å². The van der Waals surface area contributed by atoms with E-state index in [1.165, 1.54) is 25.7 Å². The summed E-state index contributed by atoms with van der Waals surface area (Å²) in [6.45, 7) is 22.7. The van der Waals surface area contributed by atoms with Gasteiger partial charge in [-0.3, -0.25) is 0 Å². The molecule has 1 saturated heterocycles. The molecule has 7 nitrogen and oxygen atoms in total. The summed E-state index contributed by atoms with van der Waals surface area (Å²) in [6, 6.07) is 0.816. The van der Waals surface area contributed by atoms with E-state index in [0.29, 0.717) is 31.0 Å². The molecule has 0 bridgehead atoms. The Bertz CT molecular complexity index is 1120. The summed E-state index contributed by atoms with van der Waals surface area (Å²) in [5.41, 5.74) is 7.45. The SMILES string of the molecule is C=C1CCCC(CCC)N1CCCNc1nc(/N=C(N)/C(=C\NC(CCC)CCC)C2CC2)ncc1C(F)(F)F.CC.CCCC(C)CCC. The largest absolute Gasteiger partial charge is 0.421 e. The molecule has 1 aliphatic carbocycles. The van der Waals surface area contributed by atoms with Crippen molar-refractivity contribution in [3.8, 4) is 0 Å². The topological polar surface area (TPSA) is 91.5 Å². The van der Waals surface area contributed by atoms with Crippen LogP contribution in [0.5, 0.6) is 0 Å². The first-order valence-electron chi connectivity index (χ1n) is 19.9. The molecule has 1 saturated carbocycles. The standard InChI is InChI=1S/C30H48F3N7.C8H18.C2H6/c1-5-10-23(11-6-2)36-19-25(22-15-16-22)27(34)38-29-37-20-26(30(31,32)33)28(39-29)35-17-9-18-40-21(4)13-8-14-24(40)12-7-3;1-4-6-8(3)7-5-2;1-2/h19-20,22-24,36H,4-18H2,1-3H3,(H3,34,35,37,38,39);8H,4-7H2,1-3H3;1-2H3/b25-19-;;. The molecule has 2 heterocycles. The molecule has 1 unspecified atom stereocenters. The fourth-order valence-electron chi connectivity index (χ4n) is 6.61. The second kappa shape index (κ2) is 25.2. The van der Waals surface area contributed by atoms with Gasteiger partial charge in [0, 0.05) is 48.8 Å². The zero-order valence-electron chi connectivity index (χ0n) is 32.9. The molecular formula is C40H72F3N7. The third-order valence-corrected chi connectivity index (χ3v) is 9.27. The van der Waals surface area contributed by atoms with E-state index < -0.39 is 11.7 Å². The first-order valence-corrected chi connectivity index (χ1v) is 19.9. The van der Waals surface area contributed by atoms with Crippen LogP contribution in [-0.4, -0.2) is 45.9 Å².